The van der Waals surface area contributed by atoms with E-state index in [2.05, 4.69) is 0 Å². The summed E-state index contributed by atoms with van der Waals surface area (Å²) in [7, 11) is -2.36. The first-order valence-corrected chi connectivity index (χ1v) is 14.9. The van der Waals surface area contributed by atoms with Crippen molar-refractivity contribution in [3.8, 4) is 11.5 Å². The minimum Gasteiger partial charge on any atom is -0.477 e. The Balaban J connectivity index is 1.40. The van der Waals surface area contributed by atoms with E-state index in [9.17, 15) is 19.3 Å². The summed E-state index contributed by atoms with van der Waals surface area (Å²) in [6.45, 7) is 3.02. The van der Waals surface area contributed by atoms with Crippen molar-refractivity contribution in [1.82, 2.24) is 9.24 Å². The summed E-state index contributed by atoms with van der Waals surface area (Å²) in [6.07, 6.45) is 1.30. The quantitative estimate of drug-likeness (QED) is 0.293. The standard InChI is InChI=1S/C30H29FN3O7P/c1-30(20-9-5-3-6-10-20)19-33-18-23(29(36)37)27(35)22-17-24(31)26(28(40-30)25(22)33)32-13-15-34(16-14-32)42(38,39-2)41-21-11-7-4-8-12-21/h3-12,17-18H,13-16,19H2,1-2H3,(H,36,37). The van der Waals surface area contributed by atoms with Crippen LogP contribution in [0.25, 0.3) is 10.9 Å². The van der Waals surface area contributed by atoms with Crippen LogP contribution in [0, 0.1) is 5.82 Å². The van der Waals surface area contributed by atoms with Gasteiger partial charge in [0.05, 0.1) is 17.4 Å². The second-order valence-corrected chi connectivity index (χ2v) is 12.5. The zero-order valence-electron chi connectivity index (χ0n) is 23.0. The molecule has 6 rings (SSSR count). The number of pyridine rings is 1. The SMILES string of the molecule is COP(=O)(Oc1ccccc1)N1CCN(c2c(F)cc3c(=O)c(C(=O)O)cn4c3c2OC(C)(c2ccccc2)C4)CC1. The fourth-order valence-corrected chi connectivity index (χ4v) is 7.15. The first kappa shape index (κ1) is 28.0. The molecule has 1 aromatic heterocycles. The second-order valence-electron chi connectivity index (χ2n) is 10.4. The number of carbonyl (C=O) groups is 1. The van der Waals surface area contributed by atoms with Gasteiger partial charge in [-0.05, 0) is 30.7 Å². The molecule has 12 heteroatoms. The number of anilines is 1. The lowest BCUT2D eigenvalue weighted by Crippen LogP contribution is -2.47. The van der Waals surface area contributed by atoms with Crippen molar-refractivity contribution in [2.24, 2.45) is 0 Å². The Morgan fingerprint density at radius 1 is 1.05 bits per heavy atom. The zero-order valence-corrected chi connectivity index (χ0v) is 23.9. The van der Waals surface area contributed by atoms with Gasteiger partial charge >= 0.3 is 13.7 Å². The number of aromatic nitrogens is 1. The maximum Gasteiger partial charge on any atom is 0.461 e. The third-order valence-electron chi connectivity index (χ3n) is 7.77. The van der Waals surface area contributed by atoms with Gasteiger partial charge in [0, 0.05) is 39.5 Å². The largest absolute Gasteiger partial charge is 0.477 e. The summed E-state index contributed by atoms with van der Waals surface area (Å²) in [5.74, 6) is -1.55. The number of hydrogen-bond donors (Lipinski definition) is 1. The zero-order chi connectivity index (χ0) is 29.6. The lowest BCUT2D eigenvalue weighted by molar-refractivity contribution is 0.0579. The number of rotatable bonds is 7. The highest BCUT2D eigenvalue weighted by atomic mass is 31.2. The maximum atomic E-state index is 16.0. The molecular weight excluding hydrogens is 564 g/mol. The first-order valence-electron chi connectivity index (χ1n) is 13.4. The van der Waals surface area contributed by atoms with Crippen LogP contribution in [0.3, 0.4) is 0 Å². The molecule has 0 aliphatic carbocycles. The normalized spacial score (nSPS) is 20.1. The van der Waals surface area contributed by atoms with Crippen molar-refractivity contribution in [1.29, 1.82) is 0 Å². The predicted octanol–water partition coefficient (Wildman–Crippen LogP) is 5.10. The van der Waals surface area contributed by atoms with Crippen molar-refractivity contribution < 1.29 is 32.6 Å². The highest BCUT2D eigenvalue weighted by molar-refractivity contribution is 7.51. The van der Waals surface area contributed by atoms with Crippen LogP contribution >= 0.6 is 7.75 Å². The van der Waals surface area contributed by atoms with Crippen molar-refractivity contribution in [3.05, 3.63) is 100 Å². The van der Waals surface area contributed by atoms with Crippen LogP contribution in [0.1, 0.15) is 22.8 Å². The molecule has 10 nitrogen and oxygen atoms in total. The van der Waals surface area contributed by atoms with Gasteiger partial charge < -0.3 is 23.8 Å². The molecule has 1 fully saturated rings. The van der Waals surface area contributed by atoms with Crippen LogP contribution in [-0.4, -0.2) is 53.6 Å². The number of hydrogen-bond acceptors (Lipinski definition) is 7. The first-order chi connectivity index (χ1) is 20.1. The molecule has 4 aromatic rings. The molecule has 0 amide bonds. The van der Waals surface area contributed by atoms with Crippen molar-refractivity contribution >= 4 is 30.3 Å². The number of aromatic carboxylic acids is 1. The average molecular weight is 594 g/mol. The van der Waals surface area contributed by atoms with Gasteiger partial charge in [-0.2, -0.15) is 4.67 Å². The predicted molar refractivity (Wildman–Crippen MR) is 155 cm³/mol. The van der Waals surface area contributed by atoms with Crippen LogP contribution in [-0.2, 0) is 21.2 Å². The van der Waals surface area contributed by atoms with Gasteiger partial charge in [-0.3, -0.25) is 9.32 Å². The van der Waals surface area contributed by atoms with Crippen molar-refractivity contribution in [2.75, 3.05) is 38.2 Å². The number of ether oxygens (including phenoxy) is 1. The molecular formula is C30H29FN3O7P. The molecule has 1 saturated heterocycles. The minimum absolute atomic E-state index is 0.0694. The van der Waals surface area contributed by atoms with Crippen LogP contribution in [0.5, 0.6) is 11.5 Å². The number of carboxylic acid groups (broad SMARTS) is 1. The third kappa shape index (κ3) is 4.73. The minimum atomic E-state index is -3.68. The molecule has 2 aliphatic heterocycles. The summed E-state index contributed by atoms with van der Waals surface area (Å²) >= 11 is 0. The highest BCUT2D eigenvalue weighted by Gasteiger charge is 2.41. The Hall–Kier alpha value is -4.18. The number of nitrogens with zero attached hydrogens (tertiary/aromatic N) is 3. The molecule has 0 spiro atoms. The van der Waals surface area contributed by atoms with Crippen LogP contribution in [0.15, 0.2) is 77.7 Å². The Bertz CT molecular complexity index is 1780. The number of piperazine rings is 1. The summed E-state index contributed by atoms with van der Waals surface area (Å²) in [6, 6.07) is 19.2. The van der Waals surface area contributed by atoms with E-state index in [0.717, 1.165) is 11.6 Å². The van der Waals surface area contributed by atoms with Crippen molar-refractivity contribution in [2.45, 2.75) is 19.1 Å². The van der Waals surface area contributed by atoms with E-state index >= 15 is 4.39 Å². The number of carboxylic acids is 1. The van der Waals surface area contributed by atoms with Gasteiger partial charge in [-0.25, -0.2) is 13.8 Å². The Morgan fingerprint density at radius 3 is 2.31 bits per heavy atom. The van der Waals surface area contributed by atoms with Gasteiger partial charge in [0.25, 0.3) is 0 Å². The molecule has 3 heterocycles. The molecule has 2 unspecified atom stereocenters. The molecule has 0 saturated carbocycles. The smallest absolute Gasteiger partial charge is 0.461 e. The van der Waals surface area contributed by atoms with E-state index in [-0.39, 0.29) is 49.5 Å². The topological polar surface area (TPSA) is 111 Å². The summed E-state index contributed by atoms with van der Waals surface area (Å²) in [5, 5.41) is 9.65. The lowest BCUT2D eigenvalue weighted by Gasteiger charge is -2.42. The molecule has 218 valence electrons. The van der Waals surface area contributed by atoms with Crippen LogP contribution in [0.4, 0.5) is 10.1 Å². The van der Waals surface area contributed by atoms with E-state index in [1.54, 1.807) is 38.4 Å². The van der Waals surface area contributed by atoms with Gasteiger partial charge in [0.2, 0.25) is 5.43 Å². The van der Waals surface area contributed by atoms with Crippen LogP contribution < -0.4 is 19.6 Å². The van der Waals surface area contributed by atoms with E-state index in [0.29, 0.717) is 11.3 Å². The fraction of sp³-hybridized carbons (Fsp3) is 0.267. The second kappa shape index (κ2) is 10.6. The summed E-state index contributed by atoms with van der Waals surface area (Å²) in [4.78, 5) is 26.8. The van der Waals surface area contributed by atoms with E-state index in [4.69, 9.17) is 13.8 Å². The van der Waals surface area contributed by atoms with Crippen LogP contribution in [0.2, 0.25) is 0 Å². The molecule has 2 atom stereocenters. The van der Waals surface area contributed by atoms with E-state index < -0.39 is 36.1 Å². The Morgan fingerprint density at radius 2 is 1.69 bits per heavy atom. The van der Waals surface area contributed by atoms with Crippen molar-refractivity contribution in [3.63, 3.8) is 0 Å². The number of benzene rings is 3. The molecule has 1 N–H and O–H groups in total. The van der Waals surface area contributed by atoms with Gasteiger partial charge in [-0.15, -0.1) is 0 Å². The third-order valence-corrected chi connectivity index (χ3v) is 9.77. The lowest BCUT2D eigenvalue weighted by atomic mass is 9.93. The van der Waals surface area contributed by atoms with Gasteiger partial charge in [0.15, 0.2) is 11.6 Å². The summed E-state index contributed by atoms with van der Waals surface area (Å²) < 4.78 is 50.6. The molecule has 2 aliphatic rings. The highest BCUT2D eigenvalue weighted by Crippen LogP contribution is 2.52. The van der Waals surface area contributed by atoms with E-state index in [1.165, 1.54) is 13.3 Å². The number of halogens is 1. The summed E-state index contributed by atoms with van der Waals surface area (Å²) in [5.41, 5.74) is -0.940. The Labute approximate surface area is 241 Å². The monoisotopic (exact) mass is 593 g/mol. The molecule has 3 aromatic carbocycles. The van der Waals surface area contributed by atoms with Gasteiger partial charge in [0.1, 0.15) is 22.6 Å². The maximum absolute atomic E-state index is 16.0. The fourth-order valence-electron chi connectivity index (χ4n) is 5.67. The molecule has 0 bridgehead atoms. The average Bonchev–Trinajstić information content (AvgIpc) is 2.99. The molecule has 0 radical (unpaired) electrons. The van der Waals surface area contributed by atoms with E-state index in [1.807, 2.05) is 43.3 Å². The molecule has 42 heavy (non-hydrogen) atoms. The van der Waals surface area contributed by atoms with Gasteiger partial charge in [-0.1, -0.05) is 48.5 Å². The Kier molecular flexibility index (Phi) is 7.04. The number of para-hydroxylation sites is 1.